The fourth-order valence-corrected chi connectivity index (χ4v) is 3.30. The number of aliphatic hydroxyl groups is 2. The maximum atomic E-state index is 12.6. The fourth-order valence-electron chi connectivity index (χ4n) is 3.30. The number of benzene rings is 2. The lowest BCUT2D eigenvalue weighted by molar-refractivity contribution is -0.139. The molecular formula is C29H36O8. The zero-order chi connectivity index (χ0) is 27.0. The Morgan fingerprint density at radius 3 is 2.19 bits per heavy atom. The van der Waals surface area contributed by atoms with Crippen LogP contribution < -0.4 is 14.2 Å². The van der Waals surface area contributed by atoms with Gasteiger partial charge < -0.3 is 29.2 Å². The summed E-state index contributed by atoms with van der Waals surface area (Å²) in [6.45, 7) is 6.22. The van der Waals surface area contributed by atoms with E-state index in [0.29, 0.717) is 41.4 Å². The van der Waals surface area contributed by atoms with E-state index in [4.69, 9.17) is 29.2 Å². The second-order valence-corrected chi connectivity index (χ2v) is 8.48. The summed E-state index contributed by atoms with van der Waals surface area (Å²) >= 11 is 0. The van der Waals surface area contributed by atoms with Crippen LogP contribution >= 0.6 is 0 Å². The summed E-state index contributed by atoms with van der Waals surface area (Å²) in [7, 11) is 1.46. The number of carbonyl (C=O) groups is 2. The second kappa shape index (κ2) is 16.2. The molecule has 0 saturated heterocycles. The van der Waals surface area contributed by atoms with E-state index in [1.807, 2.05) is 0 Å². The molecule has 0 aromatic heterocycles. The van der Waals surface area contributed by atoms with Crippen molar-refractivity contribution in [3.05, 3.63) is 71.8 Å². The van der Waals surface area contributed by atoms with Gasteiger partial charge in [-0.05, 0) is 67.8 Å². The zero-order valence-corrected chi connectivity index (χ0v) is 21.5. The topological polar surface area (TPSA) is 112 Å². The van der Waals surface area contributed by atoms with Gasteiger partial charge in [0.15, 0.2) is 17.8 Å². The first kappa shape index (κ1) is 29.6. The standard InChI is InChI=1S/C29H36O8/c1-21(2)28(32)36-19-9-7-5-4-6-8-18-35-24-14-12-23(13-15-24)29(33)37-25-16-10-22(11-17-27(30)31)20-26(25)34-3/h10-17,20,27,30-31H,1,4-9,18-19H2,2-3H3/b17-11+. The van der Waals surface area contributed by atoms with Crippen molar-refractivity contribution in [2.45, 2.75) is 51.7 Å². The van der Waals surface area contributed by atoms with E-state index < -0.39 is 12.3 Å². The first-order valence-electron chi connectivity index (χ1n) is 12.3. The van der Waals surface area contributed by atoms with Gasteiger partial charge in [0.2, 0.25) is 0 Å². The van der Waals surface area contributed by atoms with Crippen LogP contribution in [0.3, 0.4) is 0 Å². The number of aliphatic hydroxyl groups excluding tert-OH is 1. The summed E-state index contributed by atoms with van der Waals surface area (Å²) in [6.07, 6.45) is 7.19. The molecule has 2 rings (SSSR count). The molecule has 0 saturated carbocycles. The van der Waals surface area contributed by atoms with Gasteiger partial charge in [0, 0.05) is 5.57 Å². The van der Waals surface area contributed by atoms with E-state index in [2.05, 4.69) is 6.58 Å². The molecule has 0 radical (unpaired) electrons. The molecule has 0 atom stereocenters. The van der Waals surface area contributed by atoms with E-state index in [-0.39, 0.29) is 11.7 Å². The van der Waals surface area contributed by atoms with E-state index in [1.54, 1.807) is 49.4 Å². The number of hydrogen-bond acceptors (Lipinski definition) is 8. The van der Waals surface area contributed by atoms with Crippen molar-refractivity contribution < 1.29 is 38.7 Å². The largest absolute Gasteiger partial charge is 0.494 e. The summed E-state index contributed by atoms with van der Waals surface area (Å²) in [6, 6.07) is 11.6. The summed E-state index contributed by atoms with van der Waals surface area (Å²) in [5.74, 6) is 0.406. The maximum Gasteiger partial charge on any atom is 0.343 e. The van der Waals surface area contributed by atoms with E-state index in [9.17, 15) is 9.59 Å². The third-order valence-corrected chi connectivity index (χ3v) is 5.33. The van der Waals surface area contributed by atoms with Crippen LogP contribution in [0.15, 0.2) is 60.7 Å². The fraction of sp³-hybridized carbons (Fsp3) is 0.379. The molecule has 8 nitrogen and oxygen atoms in total. The predicted octanol–water partition coefficient (Wildman–Crippen LogP) is 5.08. The molecule has 0 unspecified atom stereocenters. The number of hydrogen-bond donors (Lipinski definition) is 2. The average molecular weight is 513 g/mol. The molecule has 2 aromatic carbocycles. The molecule has 0 fully saturated rings. The Morgan fingerprint density at radius 2 is 1.57 bits per heavy atom. The Bertz CT molecular complexity index is 1040. The van der Waals surface area contributed by atoms with Crippen molar-refractivity contribution in [2.75, 3.05) is 20.3 Å². The van der Waals surface area contributed by atoms with Crippen molar-refractivity contribution in [3.63, 3.8) is 0 Å². The summed E-state index contributed by atoms with van der Waals surface area (Å²) in [5.41, 5.74) is 1.46. The van der Waals surface area contributed by atoms with Crippen LogP contribution in [0.2, 0.25) is 0 Å². The van der Waals surface area contributed by atoms with Gasteiger partial charge in [-0.15, -0.1) is 0 Å². The van der Waals surface area contributed by atoms with Crippen LogP contribution in [0.4, 0.5) is 0 Å². The van der Waals surface area contributed by atoms with Gasteiger partial charge in [-0.25, -0.2) is 9.59 Å². The molecule has 0 bridgehead atoms. The van der Waals surface area contributed by atoms with Crippen molar-refractivity contribution in [3.8, 4) is 17.2 Å². The maximum absolute atomic E-state index is 12.6. The average Bonchev–Trinajstić information content (AvgIpc) is 2.89. The van der Waals surface area contributed by atoms with E-state index >= 15 is 0 Å². The summed E-state index contributed by atoms with van der Waals surface area (Å²) < 4.78 is 21.6. The number of rotatable bonds is 16. The highest BCUT2D eigenvalue weighted by molar-refractivity contribution is 5.91. The van der Waals surface area contributed by atoms with Crippen molar-refractivity contribution >= 4 is 18.0 Å². The first-order valence-corrected chi connectivity index (χ1v) is 12.3. The highest BCUT2D eigenvalue weighted by atomic mass is 16.6. The Hall–Kier alpha value is -3.62. The highest BCUT2D eigenvalue weighted by Crippen LogP contribution is 2.29. The highest BCUT2D eigenvalue weighted by Gasteiger charge is 2.13. The number of carbonyl (C=O) groups excluding carboxylic acids is 2. The number of unbranched alkanes of at least 4 members (excludes halogenated alkanes) is 5. The van der Waals surface area contributed by atoms with Gasteiger partial charge in [-0.1, -0.05) is 44.4 Å². The molecule has 0 aliphatic rings. The minimum absolute atomic E-state index is 0.252. The summed E-state index contributed by atoms with van der Waals surface area (Å²) in [5, 5.41) is 17.9. The normalized spacial score (nSPS) is 10.9. The van der Waals surface area contributed by atoms with Crippen molar-refractivity contribution in [1.82, 2.24) is 0 Å². The van der Waals surface area contributed by atoms with Crippen LogP contribution in [-0.4, -0.2) is 48.8 Å². The Balaban J connectivity index is 1.69. The van der Waals surface area contributed by atoms with Crippen LogP contribution in [0.5, 0.6) is 17.2 Å². The SMILES string of the molecule is C=C(C)C(=O)OCCCCCCCCOc1ccc(C(=O)Oc2ccc(/C=C/C(O)O)cc2OC)cc1. The Morgan fingerprint density at radius 1 is 0.919 bits per heavy atom. The van der Waals surface area contributed by atoms with Crippen molar-refractivity contribution in [2.24, 2.45) is 0 Å². The minimum Gasteiger partial charge on any atom is -0.494 e. The quantitative estimate of drug-likeness (QED) is 0.105. The third-order valence-electron chi connectivity index (χ3n) is 5.33. The molecule has 0 spiro atoms. The predicted molar refractivity (Wildman–Crippen MR) is 141 cm³/mol. The Kier molecular flexibility index (Phi) is 13.0. The molecule has 37 heavy (non-hydrogen) atoms. The van der Waals surface area contributed by atoms with Gasteiger partial charge >= 0.3 is 11.9 Å². The molecule has 0 heterocycles. The van der Waals surface area contributed by atoms with Crippen LogP contribution in [0, 0.1) is 0 Å². The van der Waals surface area contributed by atoms with Gasteiger partial charge in [-0.2, -0.15) is 0 Å². The van der Waals surface area contributed by atoms with E-state index in [1.165, 1.54) is 19.3 Å². The zero-order valence-electron chi connectivity index (χ0n) is 21.5. The van der Waals surface area contributed by atoms with Gasteiger partial charge in [-0.3, -0.25) is 0 Å². The molecular weight excluding hydrogens is 476 g/mol. The van der Waals surface area contributed by atoms with Gasteiger partial charge in [0.1, 0.15) is 5.75 Å². The van der Waals surface area contributed by atoms with Gasteiger partial charge in [0.05, 0.1) is 25.9 Å². The van der Waals surface area contributed by atoms with E-state index in [0.717, 1.165) is 38.5 Å². The molecule has 0 aliphatic heterocycles. The molecule has 2 aromatic rings. The number of ether oxygens (including phenoxy) is 4. The first-order chi connectivity index (χ1) is 17.8. The molecule has 0 aliphatic carbocycles. The Labute approximate surface area is 218 Å². The summed E-state index contributed by atoms with van der Waals surface area (Å²) in [4.78, 5) is 23.8. The molecule has 0 amide bonds. The van der Waals surface area contributed by atoms with Crippen molar-refractivity contribution in [1.29, 1.82) is 0 Å². The number of methoxy groups -OCH3 is 1. The minimum atomic E-state index is -1.56. The smallest absolute Gasteiger partial charge is 0.343 e. The third kappa shape index (κ3) is 11.3. The second-order valence-electron chi connectivity index (χ2n) is 8.48. The molecule has 8 heteroatoms. The number of esters is 2. The van der Waals surface area contributed by atoms with Crippen LogP contribution in [-0.2, 0) is 9.53 Å². The monoisotopic (exact) mass is 512 g/mol. The lowest BCUT2D eigenvalue weighted by Crippen LogP contribution is -2.09. The molecule has 2 N–H and O–H groups in total. The lowest BCUT2D eigenvalue weighted by Gasteiger charge is -2.11. The van der Waals surface area contributed by atoms with Crippen LogP contribution in [0.25, 0.3) is 6.08 Å². The lowest BCUT2D eigenvalue weighted by atomic mass is 10.1. The van der Waals surface area contributed by atoms with Crippen LogP contribution in [0.1, 0.15) is 61.4 Å². The van der Waals surface area contributed by atoms with Gasteiger partial charge in [0.25, 0.3) is 0 Å². The molecule has 200 valence electrons.